The summed E-state index contributed by atoms with van der Waals surface area (Å²) in [5.41, 5.74) is 6.08. The number of carbonyl (C=O) groups is 1. The third-order valence-corrected chi connectivity index (χ3v) is 6.58. The van der Waals surface area contributed by atoms with Crippen molar-refractivity contribution in [2.24, 2.45) is 0 Å². The molecule has 1 amide bonds. The van der Waals surface area contributed by atoms with E-state index < -0.39 is 0 Å². The van der Waals surface area contributed by atoms with Crippen molar-refractivity contribution in [1.82, 2.24) is 19.7 Å². The Morgan fingerprint density at radius 1 is 1.18 bits per heavy atom. The van der Waals surface area contributed by atoms with Gasteiger partial charge in [0.1, 0.15) is 17.8 Å². The standard InChI is InChI=1S/C27H29N5O2/c1-17(2)21-15-34-31-26(21)22-9-6-10-25(29-22)30-27(33)20-12-11-18(3)24(13-20)32-14-23(28-16-32)19-7-4-5-8-19/h6,9-17,19H,4-5,7-8H2,1-3H3,(H,29,30,33). The Kier molecular flexibility index (Phi) is 6.01. The molecule has 1 aliphatic rings. The average molecular weight is 456 g/mol. The third kappa shape index (κ3) is 4.38. The topological polar surface area (TPSA) is 85.8 Å². The Labute approximate surface area is 199 Å². The van der Waals surface area contributed by atoms with E-state index in [1.54, 1.807) is 12.3 Å². The maximum atomic E-state index is 13.1. The van der Waals surface area contributed by atoms with Gasteiger partial charge in [-0.15, -0.1) is 0 Å². The lowest BCUT2D eigenvalue weighted by Crippen LogP contribution is -2.14. The highest BCUT2D eigenvalue weighted by molar-refractivity contribution is 6.04. The molecule has 5 rings (SSSR count). The molecule has 1 N–H and O–H groups in total. The number of nitrogens with one attached hydrogen (secondary N) is 1. The summed E-state index contributed by atoms with van der Waals surface area (Å²) in [6, 6.07) is 11.2. The van der Waals surface area contributed by atoms with Gasteiger partial charge in [-0.05, 0) is 55.5 Å². The lowest BCUT2D eigenvalue weighted by atomic mass is 10.0. The molecule has 0 spiro atoms. The van der Waals surface area contributed by atoms with Gasteiger partial charge in [0.15, 0.2) is 0 Å². The molecule has 174 valence electrons. The van der Waals surface area contributed by atoms with Crippen molar-refractivity contribution in [3.05, 3.63) is 77.6 Å². The van der Waals surface area contributed by atoms with Crippen molar-refractivity contribution in [3.63, 3.8) is 0 Å². The van der Waals surface area contributed by atoms with Crippen LogP contribution < -0.4 is 5.32 Å². The highest BCUT2D eigenvalue weighted by atomic mass is 16.5. The highest BCUT2D eigenvalue weighted by Gasteiger charge is 2.20. The summed E-state index contributed by atoms with van der Waals surface area (Å²) < 4.78 is 7.19. The molecular weight excluding hydrogens is 426 g/mol. The molecule has 3 aromatic heterocycles. The summed E-state index contributed by atoms with van der Waals surface area (Å²) in [6.07, 6.45) is 10.6. The Morgan fingerprint density at radius 3 is 2.79 bits per heavy atom. The SMILES string of the molecule is Cc1ccc(C(=O)Nc2cccc(-c3nocc3C(C)C)n2)cc1-n1cnc(C2CCCC2)c1. The van der Waals surface area contributed by atoms with Crippen LogP contribution in [0.2, 0.25) is 0 Å². The van der Waals surface area contributed by atoms with Crippen LogP contribution in [-0.2, 0) is 0 Å². The average Bonchev–Trinajstić information content (AvgIpc) is 3.61. The van der Waals surface area contributed by atoms with Crippen LogP contribution >= 0.6 is 0 Å². The van der Waals surface area contributed by atoms with Gasteiger partial charge >= 0.3 is 0 Å². The molecule has 0 bridgehead atoms. The van der Waals surface area contributed by atoms with Crippen molar-refractivity contribution in [2.45, 2.75) is 58.3 Å². The van der Waals surface area contributed by atoms with E-state index in [4.69, 9.17) is 4.52 Å². The van der Waals surface area contributed by atoms with Crippen LogP contribution in [0.4, 0.5) is 5.82 Å². The zero-order chi connectivity index (χ0) is 23.7. The molecule has 0 radical (unpaired) electrons. The molecule has 1 aliphatic carbocycles. The summed E-state index contributed by atoms with van der Waals surface area (Å²) in [6.45, 7) is 6.20. The largest absolute Gasteiger partial charge is 0.364 e. The number of hydrogen-bond acceptors (Lipinski definition) is 5. The molecule has 0 unspecified atom stereocenters. The van der Waals surface area contributed by atoms with Crippen LogP contribution in [0.15, 0.2) is 59.7 Å². The second-order valence-corrected chi connectivity index (χ2v) is 9.32. The predicted molar refractivity (Wildman–Crippen MR) is 131 cm³/mol. The summed E-state index contributed by atoms with van der Waals surface area (Å²) in [4.78, 5) is 22.3. The van der Waals surface area contributed by atoms with Gasteiger partial charge in [-0.2, -0.15) is 0 Å². The lowest BCUT2D eigenvalue weighted by Gasteiger charge is -2.11. The van der Waals surface area contributed by atoms with E-state index >= 15 is 0 Å². The molecular formula is C27H29N5O2. The molecule has 1 fully saturated rings. The summed E-state index contributed by atoms with van der Waals surface area (Å²) >= 11 is 0. The number of nitrogens with zero attached hydrogens (tertiary/aromatic N) is 4. The fourth-order valence-electron chi connectivity index (χ4n) is 4.60. The first-order valence-electron chi connectivity index (χ1n) is 11.9. The number of amides is 1. The molecule has 0 aliphatic heterocycles. The second kappa shape index (κ2) is 9.25. The van der Waals surface area contributed by atoms with E-state index in [0.29, 0.717) is 28.7 Å². The minimum atomic E-state index is -0.216. The molecule has 7 nitrogen and oxygen atoms in total. The van der Waals surface area contributed by atoms with Crippen molar-refractivity contribution >= 4 is 11.7 Å². The number of benzene rings is 1. The Morgan fingerprint density at radius 2 is 2.00 bits per heavy atom. The van der Waals surface area contributed by atoms with Gasteiger partial charge < -0.3 is 14.4 Å². The van der Waals surface area contributed by atoms with Crippen molar-refractivity contribution in [2.75, 3.05) is 5.32 Å². The Hall–Kier alpha value is -3.74. The quantitative estimate of drug-likeness (QED) is 0.371. The highest BCUT2D eigenvalue weighted by Crippen LogP contribution is 2.33. The van der Waals surface area contributed by atoms with Crippen molar-refractivity contribution in [3.8, 4) is 17.1 Å². The molecule has 3 heterocycles. The van der Waals surface area contributed by atoms with E-state index in [2.05, 4.69) is 40.5 Å². The molecule has 4 aromatic rings. The molecule has 1 aromatic carbocycles. The fraction of sp³-hybridized carbons (Fsp3) is 0.333. The Balaban J connectivity index is 1.37. The first-order valence-corrected chi connectivity index (χ1v) is 11.9. The molecule has 34 heavy (non-hydrogen) atoms. The fourth-order valence-corrected chi connectivity index (χ4v) is 4.60. The monoisotopic (exact) mass is 455 g/mol. The van der Waals surface area contributed by atoms with Crippen LogP contribution in [0.3, 0.4) is 0 Å². The molecule has 7 heteroatoms. The van der Waals surface area contributed by atoms with Crippen LogP contribution in [-0.4, -0.2) is 25.6 Å². The van der Waals surface area contributed by atoms with Crippen LogP contribution in [0, 0.1) is 6.92 Å². The van der Waals surface area contributed by atoms with E-state index in [9.17, 15) is 4.79 Å². The first-order chi connectivity index (χ1) is 16.5. The van der Waals surface area contributed by atoms with Gasteiger partial charge in [-0.1, -0.05) is 44.0 Å². The number of anilines is 1. The van der Waals surface area contributed by atoms with Crippen LogP contribution in [0.1, 0.15) is 78.5 Å². The van der Waals surface area contributed by atoms with E-state index in [1.165, 1.54) is 25.7 Å². The maximum Gasteiger partial charge on any atom is 0.256 e. The maximum absolute atomic E-state index is 13.1. The minimum absolute atomic E-state index is 0.216. The minimum Gasteiger partial charge on any atom is -0.364 e. The van der Waals surface area contributed by atoms with Gasteiger partial charge in [0, 0.05) is 23.2 Å². The molecule has 0 saturated heterocycles. The van der Waals surface area contributed by atoms with E-state index in [0.717, 1.165) is 22.5 Å². The lowest BCUT2D eigenvalue weighted by molar-refractivity contribution is 0.102. The van der Waals surface area contributed by atoms with E-state index in [1.807, 2.05) is 48.1 Å². The van der Waals surface area contributed by atoms with Gasteiger partial charge in [0.25, 0.3) is 5.91 Å². The normalized spacial score (nSPS) is 14.1. The summed E-state index contributed by atoms with van der Waals surface area (Å²) in [7, 11) is 0. The van der Waals surface area contributed by atoms with Gasteiger partial charge in [-0.25, -0.2) is 9.97 Å². The summed E-state index contributed by atoms with van der Waals surface area (Å²) in [5, 5.41) is 7.04. The van der Waals surface area contributed by atoms with E-state index in [-0.39, 0.29) is 11.8 Å². The van der Waals surface area contributed by atoms with Gasteiger partial charge in [0.2, 0.25) is 0 Å². The number of carbonyl (C=O) groups excluding carboxylic acids is 1. The number of aryl methyl sites for hydroxylation is 1. The third-order valence-electron chi connectivity index (χ3n) is 6.58. The molecule has 1 saturated carbocycles. The van der Waals surface area contributed by atoms with Gasteiger partial charge in [0.05, 0.1) is 23.4 Å². The van der Waals surface area contributed by atoms with Crippen molar-refractivity contribution in [1.29, 1.82) is 0 Å². The predicted octanol–water partition coefficient (Wildman–Crippen LogP) is 6.26. The summed E-state index contributed by atoms with van der Waals surface area (Å²) in [5.74, 6) is 1.05. The number of rotatable bonds is 6. The smallest absolute Gasteiger partial charge is 0.256 e. The number of aromatic nitrogens is 4. The number of hydrogen-bond donors (Lipinski definition) is 1. The number of imidazole rings is 1. The first kappa shape index (κ1) is 22.1. The van der Waals surface area contributed by atoms with Crippen molar-refractivity contribution < 1.29 is 9.32 Å². The van der Waals surface area contributed by atoms with Crippen LogP contribution in [0.25, 0.3) is 17.1 Å². The Bertz CT molecular complexity index is 1310. The second-order valence-electron chi connectivity index (χ2n) is 9.32. The van der Waals surface area contributed by atoms with Gasteiger partial charge in [-0.3, -0.25) is 4.79 Å². The zero-order valence-electron chi connectivity index (χ0n) is 19.8. The number of pyridine rings is 1. The van der Waals surface area contributed by atoms with Crippen LogP contribution in [0.5, 0.6) is 0 Å². The zero-order valence-corrected chi connectivity index (χ0v) is 19.8. The molecule has 0 atom stereocenters.